The van der Waals surface area contributed by atoms with E-state index in [1.54, 1.807) is 0 Å². The summed E-state index contributed by atoms with van der Waals surface area (Å²) in [5.41, 5.74) is 5.84. The molecule has 2 rings (SSSR count). The first-order chi connectivity index (χ1) is 9.65. The summed E-state index contributed by atoms with van der Waals surface area (Å²) >= 11 is 0. The Kier molecular flexibility index (Phi) is 4.41. The smallest absolute Gasteiger partial charge is 0.358 e. The van der Waals surface area contributed by atoms with Crippen LogP contribution in [0.3, 0.4) is 0 Å². The number of aryl methyl sites for hydroxylation is 1. The molecule has 0 amide bonds. The summed E-state index contributed by atoms with van der Waals surface area (Å²) in [6.45, 7) is 2.51. The highest BCUT2D eigenvalue weighted by molar-refractivity contribution is 5.86. The Morgan fingerprint density at radius 2 is 2.25 bits per heavy atom. The molecule has 0 aliphatic carbocycles. The van der Waals surface area contributed by atoms with Gasteiger partial charge in [0.1, 0.15) is 6.54 Å². The van der Waals surface area contributed by atoms with E-state index in [1.807, 2.05) is 6.92 Å². The zero-order valence-electron chi connectivity index (χ0n) is 11.1. The molecule has 20 heavy (non-hydrogen) atoms. The minimum absolute atomic E-state index is 0.0938. The van der Waals surface area contributed by atoms with Gasteiger partial charge in [-0.2, -0.15) is 4.98 Å². The Balaban J connectivity index is 2.21. The molecule has 0 saturated heterocycles. The molecule has 2 aromatic heterocycles. The molecule has 0 spiro atoms. The minimum Gasteiger partial charge on any atom is -0.476 e. The van der Waals surface area contributed by atoms with Crippen molar-refractivity contribution in [2.75, 3.05) is 6.54 Å². The number of nitrogens with two attached hydrogens (primary N) is 1. The number of carboxylic acids is 1. The molecule has 3 N–H and O–H groups in total. The predicted octanol–water partition coefficient (Wildman–Crippen LogP) is -0.139. The molecule has 2 heterocycles. The molecule has 0 saturated carbocycles. The second-order valence-electron chi connectivity index (χ2n) is 4.24. The molecule has 2 aromatic rings. The van der Waals surface area contributed by atoms with Gasteiger partial charge in [0, 0.05) is 12.8 Å². The standard InChI is InChI=1S/C11H16N6O3/c1-2-3-8-13-9(20-15-8)6-17-7(4-5-12)10(11(18)19)14-16-17/h2-6,12H2,1H3,(H,18,19). The van der Waals surface area contributed by atoms with E-state index in [1.165, 1.54) is 4.68 Å². The van der Waals surface area contributed by atoms with Crippen LogP contribution < -0.4 is 5.73 Å². The zero-order chi connectivity index (χ0) is 14.5. The van der Waals surface area contributed by atoms with Crippen LogP contribution in [-0.4, -0.2) is 42.8 Å². The Morgan fingerprint density at radius 3 is 2.90 bits per heavy atom. The molecule has 0 bridgehead atoms. The lowest BCUT2D eigenvalue weighted by Gasteiger charge is -2.02. The third-order valence-electron chi connectivity index (χ3n) is 2.69. The van der Waals surface area contributed by atoms with Crippen LogP contribution in [0.5, 0.6) is 0 Å². The van der Waals surface area contributed by atoms with Crippen LogP contribution >= 0.6 is 0 Å². The van der Waals surface area contributed by atoms with Gasteiger partial charge in [0.15, 0.2) is 11.5 Å². The maximum absolute atomic E-state index is 11.0. The van der Waals surface area contributed by atoms with E-state index in [0.717, 1.165) is 12.8 Å². The van der Waals surface area contributed by atoms with Crippen LogP contribution in [0.1, 0.15) is 41.2 Å². The summed E-state index contributed by atoms with van der Waals surface area (Å²) in [5.74, 6) is -0.132. The van der Waals surface area contributed by atoms with E-state index >= 15 is 0 Å². The first kappa shape index (κ1) is 14.1. The minimum atomic E-state index is -1.13. The van der Waals surface area contributed by atoms with Crippen molar-refractivity contribution >= 4 is 5.97 Å². The van der Waals surface area contributed by atoms with Crippen molar-refractivity contribution < 1.29 is 14.4 Å². The second kappa shape index (κ2) is 6.24. The van der Waals surface area contributed by atoms with Crippen LogP contribution in [0, 0.1) is 0 Å². The lowest BCUT2D eigenvalue weighted by atomic mass is 10.2. The molecule has 9 nitrogen and oxygen atoms in total. The number of nitrogens with zero attached hydrogens (tertiary/aromatic N) is 5. The maximum atomic E-state index is 11.0. The van der Waals surface area contributed by atoms with Crippen LogP contribution in [0.4, 0.5) is 0 Å². The van der Waals surface area contributed by atoms with Crippen LogP contribution in [0.15, 0.2) is 4.52 Å². The van der Waals surface area contributed by atoms with Crippen molar-refractivity contribution in [2.45, 2.75) is 32.7 Å². The molecule has 9 heteroatoms. The van der Waals surface area contributed by atoms with E-state index in [4.69, 9.17) is 15.4 Å². The van der Waals surface area contributed by atoms with Crippen molar-refractivity contribution in [3.63, 3.8) is 0 Å². The van der Waals surface area contributed by atoms with E-state index in [9.17, 15) is 4.79 Å². The van der Waals surface area contributed by atoms with Crippen molar-refractivity contribution in [1.82, 2.24) is 25.1 Å². The average Bonchev–Trinajstić information content (AvgIpc) is 2.99. The van der Waals surface area contributed by atoms with Gasteiger partial charge in [0.05, 0.1) is 5.69 Å². The van der Waals surface area contributed by atoms with E-state index in [2.05, 4.69) is 20.5 Å². The molecule has 0 fully saturated rings. The summed E-state index contributed by atoms with van der Waals surface area (Å²) in [5, 5.41) is 20.3. The molecule has 108 valence electrons. The van der Waals surface area contributed by atoms with E-state index in [0.29, 0.717) is 30.4 Å². The molecule has 0 aliphatic rings. The normalized spacial score (nSPS) is 10.9. The maximum Gasteiger partial charge on any atom is 0.358 e. The fourth-order valence-electron chi connectivity index (χ4n) is 1.82. The summed E-state index contributed by atoms with van der Waals surface area (Å²) in [6.07, 6.45) is 2.02. The molecule has 0 radical (unpaired) electrons. The molecular formula is C11H16N6O3. The van der Waals surface area contributed by atoms with Gasteiger partial charge >= 0.3 is 5.97 Å². The average molecular weight is 280 g/mol. The molecule has 0 aliphatic heterocycles. The number of aromatic nitrogens is 5. The topological polar surface area (TPSA) is 133 Å². The Morgan fingerprint density at radius 1 is 1.45 bits per heavy atom. The van der Waals surface area contributed by atoms with E-state index < -0.39 is 5.97 Å². The lowest BCUT2D eigenvalue weighted by molar-refractivity contribution is 0.0689. The van der Waals surface area contributed by atoms with Gasteiger partial charge < -0.3 is 15.4 Å². The quantitative estimate of drug-likeness (QED) is 0.716. The number of aromatic carboxylic acids is 1. The highest BCUT2D eigenvalue weighted by Gasteiger charge is 2.19. The first-order valence-electron chi connectivity index (χ1n) is 6.32. The van der Waals surface area contributed by atoms with Gasteiger partial charge in [-0.1, -0.05) is 17.3 Å². The van der Waals surface area contributed by atoms with Crippen molar-refractivity contribution in [3.05, 3.63) is 23.1 Å². The number of hydrogen-bond acceptors (Lipinski definition) is 7. The number of carboxylic acid groups (broad SMARTS) is 1. The first-order valence-corrected chi connectivity index (χ1v) is 6.32. The monoisotopic (exact) mass is 280 g/mol. The van der Waals surface area contributed by atoms with Gasteiger partial charge in [-0.15, -0.1) is 5.10 Å². The fourth-order valence-corrected chi connectivity index (χ4v) is 1.82. The lowest BCUT2D eigenvalue weighted by Crippen LogP contribution is -2.14. The van der Waals surface area contributed by atoms with Gasteiger partial charge in [-0.25, -0.2) is 9.48 Å². The van der Waals surface area contributed by atoms with Crippen LogP contribution in [0.25, 0.3) is 0 Å². The highest BCUT2D eigenvalue weighted by Crippen LogP contribution is 2.09. The highest BCUT2D eigenvalue weighted by atomic mass is 16.5. The zero-order valence-corrected chi connectivity index (χ0v) is 11.1. The van der Waals surface area contributed by atoms with Gasteiger partial charge in [-0.05, 0) is 13.0 Å². The second-order valence-corrected chi connectivity index (χ2v) is 4.24. The van der Waals surface area contributed by atoms with Crippen LogP contribution in [-0.2, 0) is 19.4 Å². The van der Waals surface area contributed by atoms with Gasteiger partial charge in [0.25, 0.3) is 0 Å². The summed E-state index contributed by atoms with van der Waals surface area (Å²) in [6, 6.07) is 0. The summed E-state index contributed by atoms with van der Waals surface area (Å²) in [7, 11) is 0. The third kappa shape index (κ3) is 2.99. The Labute approximate surface area is 114 Å². The van der Waals surface area contributed by atoms with Gasteiger partial charge in [-0.3, -0.25) is 0 Å². The third-order valence-corrected chi connectivity index (χ3v) is 2.69. The largest absolute Gasteiger partial charge is 0.476 e. The number of rotatable bonds is 7. The van der Waals surface area contributed by atoms with Crippen molar-refractivity contribution in [3.8, 4) is 0 Å². The molecule has 0 aromatic carbocycles. The molecule has 0 unspecified atom stereocenters. The SMILES string of the molecule is CCCc1noc(Cn2nnc(C(=O)O)c2CCN)n1. The van der Waals surface area contributed by atoms with Gasteiger partial charge in [0.2, 0.25) is 5.89 Å². The van der Waals surface area contributed by atoms with Crippen LogP contribution in [0.2, 0.25) is 0 Å². The van der Waals surface area contributed by atoms with Crippen molar-refractivity contribution in [2.24, 2.45) is 5.73 Å². The molecular weight excluding hydrogens is 264 g/mol. The number of hydrogen-bond donors (Lipinski definition) is 2. The van der Waals surface area contributed by atoms with Crippen molar-refractivity contribution in [1.29, 1.82) is 0 Å². The summed E-state index contributed by atoms with van der Waals surface area (Å²) < 4.78 is 6.53. The Bertz CT molecular complexity index is 591. The van der Waals surface area contributed by atoms with E-state index in [-0.39, 0.29) is 12.2 Å². The molecule has 0 atom stereocenters. The number of carbonyl (C=O) groups is 1. The summed E-state index contributed by atoms with van der Waals surface area (Å²) in [4.78, 5) is 15.2. The fraction of sp³-hybridized carbons (Fsp3) is 0.545. The predicted molar refractivity (Wildman–Crippen MR) is 67.1 cm³/mol. The Hall–Kier alpha value is -2.29.